The Labute approximate surface area is 111 Å². The van der Waals surface area contributed by atoms with Crippen LogP contribution in [0.25, 0.3) is 6.08 Å². The first kappa shape index (κ1) is 14.1. The number of hydrogen-bond acceptors (Lipinski definition) is 5. The highest BCUT2D eigenvalue weighted by Crippen LogP contribution is 2.33. The second kappa shape index (κ2) is 5.58. The second-order valence-corrected chi connectivity index (χ2v) is 4.51. The summed E-state index contributed by atoms with van der Waals surface area (Å²) in [5.41, 5.74) is -0.343. The molecule has 0 bridgehead atoms. The van der Waals surface area contributed by atoms with Crippen LogP contribution in [0.4, 0.5) is 11.4 Å². The molecular formula is C10H10BrN3O4. The minimum atomic E-state index is -0.669. The van der Waals surface area contributed by atoms with Crippen LogP contribution in [0, 0.1) is 20.2 Å². The minimum absolute atomic E-state index is 0.291. The van der Waals surface area contributed by atoms with Crippen LogP contribution in [0.3, 0.4) is 0 Å². The Kier molecular flexibility index (Phi) is 4.38. The smallest absolute Gasteiger partial charge is 0.284 e. The van der Waals surface area contributed by atoms with Crippen LogP contribution < -0.4 is 0 Å². The van der Waals surface area contributed by atoms with E-state index in [1.54, 1.807) is 25.2 Å². The van der Waals surface area contributed by atoms with Gasteiger partial charge in [-0.05, 0) is 28.2 Å². The summed E-state index contributed by atoms with van der Waals surface area (Å²) in [5, 5.41) is 21.5. The molecule has 96 valence electrons. The molecule has 0 aliphatic heterocycles. The summed E-state index contributed by atoms with van der Waals surface area (Å²) in [6.07, 6.45) is 3.14. The van der Waals surface area contributed by atoms with Crippen molar-refractivity contribution in [1.82, 2.24) is 4.90 Å². The summed E-state index contributed by atoms with van der Waals surface area (Å²) in [6, 6.07) is 2.18. The van der Waals surface area contributed by atoms with Crippen molar-refractivity contribution in [2.45, 2.75) is 0 Å². The summed E-state index contributed by atoms with van der Waals surface area (Å²) >= 11 is 3.11. The first-order chi connectivity index (χ1) is 8.32. The van der Waals surface area contributed by atoms with Crippen LogP contribution >= 0.6 is 15.9 Å². The third kappa shape index (κ3) is 3.27. The highest BCUT2D eigenvalue weighted by atomic mass is 79.9. The fraction of sp³-hybridized carbons (Fsp3) is 0.200. The Balaban J connectivity index is 3.41. The van der Waals surface area contributed by atoms with E-state index in [2.05, 4.69) is 15.9 Å². The van der Waals surface area contributed by atoms with Crippen molar-refractivity contribution in [3.8, 4) is 0 Å². The molecule has 0 fully saturated rings. The molecule has 0 heterocycles. The van der Waals surface area contributed by atoms with Gasteiger partial charge in [0.15, 0.2) is 0 Å². The van der Waals surface area contributed by atoms with E-state index in [0.29, 0.717) is 10.0 Å². The van der Waals surface area contributed by atoms with Gasteiger partial charge in [0, 0.05) is 24.6 Å². The molecule has 1 aromatic rings. The van der Waals surface area contributed by atoms with Gasteiger partial charge in [-0.2, -0.15) is 0 Å². The van der Waals surface area contributed by atoms with Gasteiger partial charge in [-0.25, -0.2) is 0 Å². The van der Waals surface area contributed by atoms with E-state index in [9.17, 15) is 20.2 Å². The number of hydrogen-bond donors (Lipinski definition) is 0. The van der Waals surface area contributed by atoms with Crippen LogP contribution in [0.2, 0.25) is 0 Å². The van der Waals surface area contributed by atoms with E-state index in [-0.39, 0.29) is 11.4 Å². The third-order valence-corrected chi connectivity index (χ3v) is 2.70. The Bertz CT molecular complexity index is 528. The van der Waals surface area contributed by atoms with E-state index in [0.717, 1.165) is 6.07 Å². The second-order valence-electron chi connectivity index (χ2n) is 3.65. The van der Waals surface area contributed by atoms with Crippen LogP contribution in [0.1, 0.15) is 5.56 Å². The summed E-state index contributed by atoms with van der Waals surface area (Å²) in [7, 11) is 3.53. The molecule has 18 heavy (non-hydrogen) atoms. The molecule has 8 heteroatoms. The van der Waals surface area contributed by atoms with Crippen molar-refractivity contribution in [2.24, 2.45) is 0 Å². The molecule has 0 radical (unpaired) electrons. The van der Waals surface area contributed by atoms with Gasteiger partial charge in [0.1, 0.15) is 0 Å². The monoisotopic (exact) mass is 315 g/mol. The molecule has 0 aromatic heterocycles. The van der Waals surface area contributed by atoms with E-state index in [1.807, 2.05) is 0 Å². The predicted octanol–water partition coefficient (Wildman–Crippen LogP) is 2.80. The molecule has 0 atom stereocenters. The maximum Gasteiger partial charge on any atom is 0.284 e. The van der Waals surface area contributed by atoms with Crippen molar-refractivity contribution in [2.75, 3.05) is 14.1 Å². The number of nitro groups is 2. The maximum absolute atomic E-state index is 10.9. The lowest BCUT2D eigenvalue weighted by Crippen LogP contribution is -2.01. The van der Waals surface area contributed by atoms with Crippen molar-refractivity contribution in [3.05, 3.63) is 48.6 Å². The number of non-ortho nitro benzene ring substituents is 1. The third-order valence-electron chi connectivity index (χ3n) is 2.04. The Hall–Kier alpha value is -1.96. The molecule has 0 spiro atoms. The summed E-state index contributed by atoms with van der Waals surface area (Å²) in [4.78, 5) is 21.9. The highest BCUT2D eigenvalue weighted by molar-refractivity contribution is 9.10. The average Bonchev–Trinajstić information content (AvgIpc) is 2.25. The van der Waals surface area contributed by atoms with Gasteiger partial charge in [-0.3, -0.25) is 20.2 Å². The van der Waals surface area contributed by atoms with Crippen molar-refractivity contribution >= 4 is 33.4 Å². The normalized spacial score (nSPS) is 10.6. The summed E-state index contributed by atoms with van der Waals surface area (Å²) in [6.45, 7) is 0. The maximum atomic E-state index is 10.9. The van der Waals surface area contributed by atoms with Gasteiger partial charge in [0.2, 0.25) is 0 Å². The van der Waals surface area contributed by atoms with Gasteiger partial charge in [0.25, 0.3) is 11.4 Å². The Morgan fingerprint density at radius 2 is 1.83 bits per heavy atom. The number of benzene rings is 1. The molecule has 0 unspecified atom stereocenters. The molecule has 0 aliphatic carbocycles. The topological polar surface area (TPSA) is 89.5 Å². The van der Waals surface area contributed by atoms with E-state index in [1.165, 1.54) is 12.1 Å². The first-order valence-electron chi connectivity index (χ1n) is 4.80. The first-order valence-corrected chi connectivity index (χ1v) is 5.59. The number of nitrogens with zero attached hydrogens (tertiary/aromatic N) is 3. The lowest BCUT2D eigenvalue weighted by Gasteiger charge is -2.05. The Morgan fingerprint density at radius 1 is 1.22 bits per heavy atom. The molecule has 0 N–H and O–H groups in total. The molecule has 7 nitrogen and oxygen atoms in total. The summed E-state index contributed by atoms with van der Waals surface area (Å²) < 4.78 is 0.307. The van der Waals surface area contributed by atoms with Crippen LogP contribution in [-0.4, -0.2) is 28.8 Å². The zero-order chi connectivity index (χ0) is 13.9. The summed E-state index contributed by atoms with van der Waals surface area (Å²) in [5.74, 6) is 0. The fourth-order valence-electron chi connectivity index (χ4n) is 1.23. The van der Waals surface area contributed by atoms with Gasteiger partial charge in [-0.15, -0.1) is 0 Å². The van der Waals surface area contributed by atoms with Gasteiger partial charge >= 0.3 is 0 Å². The van der Waals surface area contributed by atoms with E-state index >= 15 is 0 Å². The van der Waals surface area contributed by atoms with Gasteiger partial charge < -0.3 is 4.90 Å². The zero-order valence-corrected chi connectivity index (χ0v) is 11.2. The van der Waals surface area contributed by atoms with Crippen LogP contribution in [0.15, 0.2) is 22.8 Å². The number of nitro benzene ring substituents is 2. The largest absolute Gasteiger partial charge is 0.383 e. The van der Waals surface area contributed by atoms with Gasteiger partial charge in [0.05, 0.1) is 21.5 Å². The van der Waals surface area contributed by atoms with Crippen LogP contribution in [0.5, 0.6) is 0 Å². The quantitative estimate of drug-likeness (QED) is 0.629. The van der Waals surface area contributed by atoms with Crippen LogP contribution in [-0.2, 0) is 0 Å². The molecular weight excluding hydrogens is 306 g/mol. The van der Waals surface area contributed by atoms with Crippen molar-refractivity contribution < 1.29 is 9.85 Å². The fourth-order valence-corrected chi connectivity index (χ4v) is 1.80. The standard InChI is InChI=1S/C10H10BrN3O4/c1-12(2)4-3-8-9(11)5-7(13(15)16)6-10(8)14(17)18/h3-6H,1-2H3. The van der Waals surface area contributed by atoms with E-state index < -0.39 is 9.85 Å². The molecule has 0 saturated carbocycles. The van der Waals surface area contributed by atoms with Gasteiger partial charge in [-0.1, -0.05) is 0 Å². The average molecular weight is 316 g/mol. The number of halogens is 1. The lowest BCUT2D eigenvalue weighted by molar-refractivity contribution is -0.394. The highest BCUT2D eigenvalue weighted by Gasteiger charge is 2.21. The molecule has 1 rings (SSSR count). The Morgan fingerprint density at radius 3 is 2.28 bits per heavy atom. The van der Waals surface area contributed by atoms with E-state index in [4.69, 9.17) is 0 Å². The lowest BCUT2D eigenvalue weighted by atomic mass is 10.1. The molecule has 0 aliphatic rings. The molecule has 0 saturated heterocycles. The zero-order valence-electron chi connectivity index (χ0n) is 9.66. The SMILES string of the molecule is CN(C)C=Cc1c(Br)cc([N+](=O)[O-])cc1[N+](=O)[O-]. The predicted molar refractivity (Wildman–Crippen MR) is 70.2 cm³/mol. The minimum Gasteiger partial charge on any atom is -0.383 e. The number of rotatable bonds is 4. The van der Waals surface area contributed by atoms with Crippen molar-refractivity contribution in [1.29, 1.82) is 0 Å². The molecule has 1 aromatic carbocycles. The molecule has 0 amide bonds. The van der Waals surface area contributed by atoms with Crippen molar-refractivity contribution in [3.63, 3.8) is 0 Å².